The average Bonchev–Trinajstić information content (AvgIpc) is 2.79. The fourth-order valence-electron chi connectivity index (χ4n) is 3.79. The lowest BCUT2D eigenvalue weighted by Crippen LogP contribution is -2.53. The van der Waals surface area contributed by atoms with Gasteiger partial charge in [0.15, 0.2) is 0 Å². The van der Waals surface area contributed by atoms with Crippen molar-refractivity contribution in [2.24, 2.45) is 0 Å². The topological polar surface area (TPSA) is 26.0 Å². The van der Waals surface area contributed by atoms with Crippen molar-refractivity contribution in [2.75, 3.05) is 5.73 Å². The molecule has 0 saturated carbocycles. The lowest BCUT2D eigenvalue weighted by Gasteiger charge is -2.36. The number of thiophene rings is 1. The summed E-state index contributed by atoms with van der Waals surface area (Å²) in [4.78, 5) is 2.84. The molecule has 1 aliphatic heterocycles. The summed E-state index contributed by atoms with van der Waals surface area (Å²) >= 11 is 1.93. The first-order chi connectivity index (χ1) is 9.89. The van der Waals surface area contributed by atoms with Crippen LogP contribution in [0.3, 0.4) is 0 Å². The van der Waals surface area contributed by atoms with E-state index in [4.69, 9.17) is 5.73 Å². The van der Waals surface area contributed by atoms with Crippen LogP contribution in [-0.4, -0.2) is 6.71 Å². The first-order valence-corrected chi connectivity index (χ1v) is 8.73. The third kappa shape index (κ3) is 1.97. The molecule has 0 atom stereocenters. The number of hydrogen-bond donors (Lipinski definition) is 1. The summed E-state index contributed by atoms with van der Waals surface area (Å²) in [5.74, 6) is 0.497. The molecule has 21 heavy (non-hydrogen) atoms. The molecule has 2 heterocycles. The van der Waals surface area contributed by atoms with E-state index < -0.39 is 0 Å². The summed E-state index contributed by atoms with van der Waals surface area (Å²) in [5.41, 5.74) is 12.0. The van der Waals surface area contributed by atoms with Crippen LogP contribution in [0.2, 0.25) is 6.32 Å². The molecule has 1 aromatic heterocycles. The molecule has 0 bridgehead atoms. The van der Waals surface area contributed by atoms with Gasteiger partial charge in [-0.15, -0.1) is 11.3 Å². The molecule has 0 unspecified atom stereocenters. The molecule has 0 saturated heterocycles. The Bertz CT molecular complexity index is 685. The van der Waals surface area contributed by atoms with Crippen molar-refractivity contribution in [3.8, 4) is 0 Å². The molecular formula is C18H24BNS. The Morgan fingerprint density at radius 1 is 1.24 bits per heavy atom. The average molecular weight is 297 g/mol. The van der Waals surface area contributed by atoms with Gasteiger partial charge in [0.05, 0.1) is 0 Å². The maximum atomic E-state index is 6.58. The molecule has 2 N–H and O–H groups in total. The lowest BCUT2D eigenvalue weighted by molar-refractivity contribution is 0.660. The number of nitrogen functional groups attached to an aromatic ring is 1. The largest absolute Gasteiger partial charge is 0.398 e. The predicted molar refractivity (Wildman–Crippen MR) is 96.9 cm³/mol. The molecule has 0 amide bonds. The molecular weight excluding hydrogens is 273 g/mol. The van der Waals surface area contributed by atoms with Crippen LogP contribution in [0.15, 0.2) is 24.3 Å². The Balaban J connectivity index is 2.33. The minimum absolute atomic E-state index is 0.0591. The Morgan fingerprint density at radius 2 is 1.90 bits per heavy atom. The van der Waals surface area contributed by atoms with E-state index in [2.05, 4.69) is 58.9 Å². The highest BCUT2D eigenvalue weighted by Crippen LogP contribution is 2.42. The van der Waals surface area contributed by atoms with E-state index in [9.17, 15) is 0 Å². The Labute approximate surface area is 132 Å². The van der Waals surface area contributed by atoms with Gasteiger partial charge in [-0.1, -0.05) is 70.7 Å². The second-order valence-electron chi connectivity index (χ2n) is 6.95. The molecule has 1 aliphatic rings. The van der Waals surface area contributed by atoms with Gasteiger partial charge in [-0.2, -0.15) is 0 Å². The third-order valence-corrected chi connectivity index (χ3v) is 6.72. The highest BCUT2D eigenvalue weighted by Gasteiger charge is 2.41. The van der Waals surface area contributed by atoms with Gasteiger partial charge in [0.1, 0.15) is 0 Å². The minimum Gasteiger partial charge on any atom is -0.398 e. The molecule has 110 valence electrons. The van der Waals surface area contributed by atoms with Gasteiger partial charge < -0.3 is 5.73 Å². The number of rotatable bonds is 2. The second kappa shape index (κ2) is 4.91. The van der Waals surface area contributed by atoms with Crippen LogP contribution in [0, 0.1) is 0 Å². The standard InChI is InChI=1S/C18H24BNS/c1-6-19-13-10-8-7-9-12(13)18(4,5)17-14(19)15(20)16(21-17)11(2)3/h7-11H,6,20H2,1-5H3. The Morgan fingerprint density at radius 3 is 2.52 bits per heavy atom. The number of fused-ring (bicyclic) bond motifs is 2. The van der Waals surface area contributed by atoms with Gasteiger partial charge in [-0.3, -0.25) is 0 Å². The van der Waals surface area contributed by atoms with Gasteiger partial charge in [-0.05, 0) is 16.9 Å². The molecule has 0 aliphatic carbocycles. The third-order valence-electron chi connectivity index (χ3n) is 4.87. The Kier molecular flexibility index (Phi) is 3.44. The molecule has 0 fully saturated rings. The zero-order chi connectivity index (χ0) is 15.4. The van der Waals surface area contributed by atoms with E-state index in [1.165, 1.54) is 26.2 Å². The van der Waals surface area contributed by atoms with E-state index in [-0.39, 0.29) is 5.41 Å². The van der Waals surface area contributed by atoms with Crippen LogP contribution in [0.5, 0.6) is 0 Å². The summed E-state index contributed by atoms with van der Waals surface area (Å²) in [5, 5.41) is 0. The van der Waals surface area contributed by atoms with E-state index in [1.54, 1.807) is 0 Å². The van der Waals surface area contributed by atoms with Gasteiger partial charge >= 0.3 is 0 Å². The van der Waals surface area contributed by atoms with Crippen molar-refractivity contribution in [3.05, 3.63) is 39.6 Å². The number of nitrogens with two attached hydrogens (primary N) is 1. The van der Waals surface area contributed by atoms with Crippen LogP contribution in [0.4, 0.5) is 5.69 Å². The fraction of sp³-hybridized carbons (Fsp3) is 0.444. The fourth-order valence-corrected chi connectivity index (χ4v) is 5.19. The summed E-state index contributed by atoms with van der Waals surface area (Å²) < 4.78 is 0. The van der Waals surface area contributed by atoms with E-state index in [1.807, 2.05) is 11.3 Å². The van der Waals surface area contributed by atoms with Gasteiger partial charge in [0, 0.05) is 20.9 Å². The number of hydrogen-bond acceptors (Lipinski definition) is 2. The van der Waals surface area contributed by atoms with E-state index in [0.29, 0.717) is 12.6 Å². The van der Waals surface area contributed by atoms with Gasteiger partial charge in [0.25, 0.3) is 0 Å². The van der Waals surface area contributed by atoms with E-state index >= 15 is 0 Å². The first kappa shape index (κ1) is 14.7. The summed E-state index contributed by atoms with van der Waals surface area (Å²) in [6.45, 7) is 11.9. The van der Waals surface area contributed by atoms with Crippen LogP contribution < -0.4 is 16.7 Å². The normalized spacial score (nSPS) is 16.0. The summed E-state index contributed by atoms with van der Waals surface area (Å²) in [6, 6.07) is 8.92. The Hall–Kier alpha value is -1.22. The quantitative estimate of drug-likeness (QED) is 0.840. The van der Waals surface area contributed by atoms with Crippen molar-refractivity contribution in [1.82, 2.24) is 0 Å². The molecule has 2 aromatic rings. The lowest BCUT2D eigenvalue weighted by atomic mass is 9.34. The molecule has 1 aromatic carbocycles. The summed E-state index contributed by atoms with van der Waals surface area (Å²) in [7, 11) is 0. The van der Waals surface area contributed by atoms with Gasteiger partial charge in [-0.25, -0.2) is 0 Å². The smallest absolute Gasteiger partial charge is 0.213 e. The molecule has 3 heteroatoms. The SMILES string of the molecule is CCB1c2ccccc2C(C)(C)c2sc(C(C)C)c(N)c21. The monoisotopic (exact) mass is 297 g/mol. The number of anilines is 1. The molecule has 0 spiro atoms. The van der Waals surface area contributed by atoms with Crippen molar-refractivity contribution in [3.63, 3.8) is 0 Å². The molecule has 3 rings (SSSR count). The van der Waals surface area contributed by atoms with Crippen molar-refractivity contribution >= 4 is 34.7 Å². The molecule has 1 nitrogen and oxygen atoms in total. The van der Waals surface area contributed by atoms with Crippen molar-refractivity contribution in [2.45, 2.75) is 52.3 Å². The zero-order valence-electron chi connectivity index (χ0n) is 13.7. The van der Waals surface area contributed by atoms with E-state index in [0.717, 1.165) is 12.0 Å². The minimum atomic E-state index is 0.0591. The first-order valence-electron chi connectivity index (χ1n) is 7.91. The van der Waals surface area contributed by atoms with Crippen LogP contribution in [-0.2, 0) is 5.41 Å². The molecule has 0 radical (unpaired) electrons. The maximum Gasteiger partial charge on any atom is 0.213 e. The van der Waals surface area contributed by atoms with Gasteiger partial charge in [0.2, 0.25) is 6.71 Å². The highest BCUT2D eigenvalue weighted by atomic mass is 32.1. The maximum absolute atomic E-state index is 6.58. The predicted octanol–water partition coefficient (Wildman–Crippen LogP) is 3.72. The second-order valence-corrected chi connectivity index (χ2v) is 8.00. The van der Waals surface area contributed by atoms with Crippen molar-refractivity contribution < 1.29 is 0 Å². The van der Waals surface area contributed by atoms with Crippen LogP contribution >= 0.6 is 11.3 Å². The van der Waals surface area contributed by atoms with Crippen LogP contribution in [0.25, 0.3) is 0 Å². The highest BCUT2D eigenvalue weighted by molar-refractivity contribution is 7.15. The van der Waals surface area contributed by atoms with Crippen LogP contribution in [0.1, 0.15) is 55.9 Å². The van der Waals surface area contributed by atoms with Crippen molar-refractivity contribution in [1.29, 1.82) is 0 Å². The zero-order valence-corrected chi connectivity index (χ0v) is 14.5. The number of benzene rings is 1. The summed E-state index contributed by atoms with van der Waals surface area (Å²) in [6.07, 6.45) is 1.11.